The van der Waals surface area contributed by atoms with Crippen LogP contribution in [-0.4, -0.2) is 47.2 Å². The van der Waals surface area contributed by atoms with E-state index in [1.54, 1.807) is 31.2 Å². The zero-order valence-corrected chi connectivity index (χ0v) is 27.3. The summed E-state index contributed by atoms with van der Waals surface area (Å²) >= 11 is 13.0. The number of oxazole rings is 1. The van der Waals surface area contributed by atoms with Crippen molar-refractivity contribution in [3.05, 3.63) is 105 Å². The fourth-order valence-corrected chi connectivity index (χ4v) is 6.26. The van der Waals surface area contributed by atoms with E-state index in [1.807, 2.05) is 0 Å². The largest absolute Gasteiger partial charge is 0.494 e. The zero-order chi connectivity index (χ0) is 34.0. The van der Waals surface area contributed by atoms with Gasteiger partial charge in [0.05, 0.1) is 29.4 Å². The van der Waals surface area contributed by atoms with Crippen molar-refractivity contribution in [2.75, 3.05) is 20.3 Å². The monoisotopic (exact) mass is 690 g/mol. The predicted molar refractivity (Wildman–Crippen MR) is 176 cm³/mol. The van der Waals surface area contributed by atoms with Crippen LogP contribution in [0.2, 0.25) is 10.0 Å². The van der Waals surface area contributed by atoms with Gasteiger partial charge in [0.1, 0.15) is 40.6 Å². The fourth-order valence-electron chi connectivity index (χ4n) is 5.87. The smallest absolute Gasteiger partial charge is 0.251 e. The number of hydrogen-bond donors (Lipinski definition) is 3. The summed E-state index contributed by atoms with van der Waals surface area (Å²) in [7, 11) is 1.47. The third-order valence-electron chi connectivity index (χ3n) is 8.94. The Morgan fingerprint density at radius 2 is 1.92 bits per heavy atom. The molecule has 48 heavy (non-hydrogen) atoms. The number of primary amides is 1. The van der Waals surface area contributed by atoms with Crippen molar-refractivity contribution in [2.45, 2.75) is 36.7 Å². The molecule has 0 saturated heterocycles. The number of carbonyl (C=O) groups is 2. The number of nitrogens with one attached hydrogen (secondary N) is 1. The van der Waals surface area contributed by atoms with Gasteiger partial charge in [-0.25, -0.2) is 14.4 Å². The third kappa shape index (κ3) is 5.32. The summed E-state index contributed by atoms with van der Waals surface area (Å²) in [5.74, 6) is -0.477. The lowest BCUT2D eigenvalue weighted by molar-refractivity contribution is -0.123. The normalized spacial score (nSPS) is 18.2. The lowest BCUT2D eigenvalue weighted by Crippen LogP contribution is -2.43. The standard InChI is InChI=1S/C35H29Cl2FN4O6/c1-34(33(39)44)16-47-30-22(34)14-26(41-28(30)21-7-4-8-23(36)27(21)37)35(45,19-5-3-6-20(38)13-19)15-40-31(43)18-11-24(46-2)29-25(12-18)48-32(42-29)17-9-10-17/h3-8,11-14,17,45H,9-10,15-16H2,1-2H3,(H2,39,44)(H,40,43)/t34-,35+/m0/s1. The number of rotatable bonds is 9. The predicted octanol–water partition coefficient (Wildman–Crippen LogP) is 6.02. The number of carbonyl (C=O) groups excluding carboxylic acids is 2. The highest BCUT2D eigenvalue weighted by molar-refractivity contribution is 6.43. The van der Waals surface area contributed by atoms with Crippen molar-refractivity contribution < 1.29 is 33.0 Å². The first-order valence-electron chi connectivity index (χ1n) is 15.1. The average molecular weight is 692 g/mol. The second kappa shape index (κ2) is 11.8. The number of nitrogens with zero attached hydrogens (tertiary/aromatic N) is 2. The lowest BCUT2D eigenvalue weighted by atomic mass is 9.80. The highest BCUT2D eigenvalue weighted by Gasteiger charge is 2.46. The van der Waals surface area contributed by atoms with E-state index in [9.17, 15) is 19.1 Å². The molecule has 246 valence electrons. The van der Waals surface area contributed by atoms with Crippen LogP contribution in [-0.2, 0) is 15.8 Å². The molecule has 1 fully saturated rings. The van der Waals surface area contributed by atoms with Gasteiger partial charge in [-0.1, -0.05) is 47.5 Å². The van der Waals surface area contributed by atoms with Crippen LogP contribution in [0.25, 0.3) is 22.4 Å². The van der Waals surface area contributed by atoms with Gasteiger partial charge < -0.3 is 30.0 Å². The number of amides is 2. The van der Waals surface area contributed by atoms with Gasteiger partial charge in [-0.2, -0.15) is 0 Å². The number of hydrogen-bond acceptors (Lipinski definition) is 8. The molecule has 3 aromatic carbocycles. The topological polar surface area (TPSA) is 150 Å². The van der Waals surface area contributed by atoms with E-state index in [0.717, 1.165) is 18.9 Å². The van der Waals surface area contributed by atoms with E-state index in [2.05, 4.69) is 10.3 Å². The van der Waals surface area contributed by atoms with Crippen LogP contribution in [0.15, 0.2) is 65.1 Å². The van der Waals surface area contributed by atoms with Crippen molar-refractivity contribution in [1.82, 2.24) is 15.3 Å². The number of pyridine rings is 1. The Hall–Kier alpha value is -4.71. The highest BCUT2D eigenvalue weighted by Crippen LogP contribution is 2.48. The molecule has 10 nitrogen and oxygen atoms in total. The molecule has 3 heterocycles. The van der Waals surface area contributed by atoms with Crippen molar-refractivity contribution in [3.8, 4) is 22.8 Å². The van der Waals surface area contributed by atoms with Crippen LogP contribution in [0.1, 0.15) is 58.8 Å². The Bertz CT molecular complexity index is 2140. The highest BCUT2D eigenvalue weighted by atomic mass is 35.5. The first kappa shape index (κ1) is 31.9. The molecule has 4 N–H and O–H groups in total. The summed E-state index contributed by atoms with van der Waals surface area (Å²) in [4.78, 5) is 35.8. The van der Waals surface area contributed by atoms with Gasteiger partial charge in [-0.15, -0.1) is 0 Å². The minimum atomic E-state index is -2.15. The molecule has 2 amide bonds. The zero-order valence-electron chi connectivity index (χ0n) is 25.8. The van der Waals surface area contributed by atoms with Gasteiger partial charge in [0, 0.05) is 22.6 Å². The summed E-state index contributed by atoms with van der Waals surface area (Å²) in [6, 6.07) is 14.8. The number of aromatic nitrogens is 2. The molecule has 7 rings (SSSR count). The molecule has 0 spiro atoms. The van der Waals surface area contributed by atoms with E-state index < -0.39 is 35.2 Å². The molecule has 1 aliphatic carbocycles. The van der Waals surface area contributed by atoms with Crippen LogP contribution in [0.5, 0.6) is 11.5 Å². The van der Waals surface area contributed by atoms with Crippen molar-refractivity contribution in [3.63, 3.8) is 0 Å². The quantitative estimate of drug-likeness (QED) is 0.170. The van der Waals surface area contributed by atoms with Crippen LogP contribution in [0.4, 0.5) is 4.39 Å². The molecule has 0 radical (unpaired) electrons. The Morgan fingerprint density at radius 1 is 1.15 bits per heavy atom. The second-order valence-electron chi connectivity index (χ2n) is 12.2. The van der Waals surface area contributed by atoms with Gasteiger partial charge in [-0.05, 0) is 61.7 Å². The molecule has 1 saturated carbocycles. The summed E-state index contributed by atoms with van der Waals surface area (Å²) < 4.78 is 32.1. The Morgan fingerprint density at radius 3 is 2.62 bits per heavy atom. The van der Waals surface area contributed by atoms with Gasteiger partial charge >= 0.3 is 0 Å². The molecular weight excluding hydrogens is 662 g/mol. The first-order chi connectivity index (χ1) is 22.9. The van der Waals surface area contributed by atoms with Crippen LogP contribution < -0.4 is 20.5 Å². The maximum Gasteiger partial charge on any atom is 0.251 e. The minimum absolute atomic E-state index is 0.0338. The van der Waals surface area contributed by atoms with Crippen molar-refractivity contribution >= 4 is 46.1 Å². The summed E-state index contributed by atoms with van der Waals surface area (Å²) in [5, 5.41) is 15.7. The molecule has 5 aromatic rings. The van der Waals surface area contributed by atoms with E-state index in [0.29, 0.717) is 33.9 Å². The fraction of sp³-hybridized carbons (Fsp3) is 0.257. The average Bonchev–Trinajstić information content (AvgIpc) is 3.74. The van der Waals surface area contributed by atoms with Crippen LogP contribution >= 0.6 is 23.2 Å². The van der Waals surface area contributed by atoms with Crippen LogP contribution in [0.3, 0.4) is 0 Å². The number of benzene rings is 3. The third-order valence-corrected chi connectivity index (χ3v) is 9.76. The number of nitrogens with two attached hydrogens (primary N) is 1. The number of ether oxygens (including phenoxy) is 2. The number of halogens is 3. The summed E-state index contributed by atoms with van der Waals surface area (Å²) in [6.07, 6.45) is 1.96. The summed E-state index contributed by atoms with van der Waals surface area (Å²) in [5.41, 5.74) is 4.37. The van der Waals surface area contributed by atoms with E-state index >= 15 is 0 Å². The maximum absolute atomic E-state index is 14.7. The van der Waals surface area contributed by atoms with E-state index in [-0.39, 0.29) is 50.8 Å². The van der Waals surface area contributed by atoms with E-state index in [4.69, 9.17) is 47.8 Å². The molecular formula is C35H29Cl2FN4O6. The van der Waals surface area contributed by atoms with Crippen molar-refractivity contribution in [1.29, 1.82) is 0 Å². The lowest BCUT2D eigenvalue weighted by Gasteiger charge is -2.30. The van der Waals surface area contributed by atoms with Gasteiger partial charge in [0.15, 0.2) is 17.0 Å². The van der Waals surface area contributed by atoms with Crippen LogP contribution in [0, 0.1) is 5.82 Å². The molecule has 1 aliphatic heterocycles. The molecule has 13 heteroatoms. The molecule has 0 unspecified atom stereocenters. The van der Waals surface area contributed by atoms with Gasteiger partial charge in [-0.3, -0.25) is 9.59 Å². The van der Waals surface area contributed by atoms with E-state index in [1.165, 1.54) is 37.4 Å². The molecule has 2 atom stereocenters. The molecule has 2 aromatic heterocycles. The molecule has 0 bridgehead atoms. The summed E-state index contributed by atoms with van der Waals surface area (Å²) in [6.45, 7) is 1.04. The molecule has 2 aliphatic rings. The van der Waals surface area contributed by atoms with Gasteiger partial charge in [0.2, 0.25) is 5.91 Å². The number of fused-ring (bicyclic) bond motifs is 2. The Kier molecular flexibility index (Phi) is 7.81. The first-order valence-corrected chi connectivity index (χ1v) is 15.9. The minimum Gasteiger partial charge on any atom is -0.494 e. The van der Waals surface area contributed by atoms with Gasteiger partial charge in [0.25, 0.3) is 5.91 Å². The van der Waals surface area contributed by atoms with Crippen molar-refractivity contribution in [2.24, 2.45) is 5.73 Å². The maximum atomic E-state index is 14.7. The second-order valence-corrected chi connectivity index (χ2v) is 13.0. The number of aliphatic hydroxyl groups is 1. The SMILES string of the molecule is COc1cc(C(=O)NC[C@@](O)(c2cccc(F)c2)c2cc3c(c(-c4cccc(Cl)c4Cl)n2)OC[C@]3(C)C(N)=O)cc2oc(C3CC3)nc12. The Balaban J connectivity index is 1.34. The Labute approximate surface area is 284 Å². The number of methoxy groups -OCH3 is 1.